The minimum absolute atomic E-state index is 0.00284. The lowest BCUT2D eigenvalue weighted by Gasteiger charge is -2.04. The van der Waals surface area contributed by atoms with Gasteiger partial charge in [-0.3, -0.25) is 14.9 Å². The number of amides is 1. The topological polar surface area (TPSA) is 98.3 Å². The Bertz CT molecular complexity index is 923. The van der Waals surface area contributed by atoms with E-state index < -0.39 is 10.8 Å². The van der Waals surface area contributed by atoms with Gasteiger partial charge in [0, 0.05) is 12.3 Å². The van der Waals surface area contributed by atoms with Gasteiger partial charge in [0.2, 0.25) is 0 Å². The van der Waals surface area contributed by atoms with Crippen LogP contribution in [0, 0.1) is 10.1 Å². The molecule has 0 spiro atoms. The highest BCUT2D eigenvalue weighted by Gasteiger charge is 2.19. The number of hydrogen-bond acceptors (Lipinski definition) is 5. The number of nitro benzene ring substituents is 1. The van der Waals surface area contributed by atoms with E-state index in [1.807, 2.05) is 0 Å². The molecule has 1 N–H and O–H groups in total. The van der Waals surface area contributed by atoms with Gasteiger partial charge in [-0.2, -0.15) is 0 Å². The molecule has 0 fully saturated rings. The van der Waals surface area contributed by atoms with Gasteiger partial charge < -0.3 is 9.73 Å². The highest BCUT2D eigenvalue weighted by molar-refractivity contribution is 6.32. The number of anilines is 1. The maximum Gasteiger partial charge on any atom is 0.291 e. The molecule has 0 radical (unpaired) electrons. The van der Waals surface area contributed by atoms with Crippen LogP contribution in [0.5, 0.6) is 0 Å². The number of carbonyl (C=O) groups is 1. The van der Waals surface area contributed by atoms with Crippen molar-refractivity contribution in [2.24, 2.45) is 0 Å². The van der Waals surface area contributed by atoms with E-state index in [9.17, 15) is 14.9 Å². The largest absolute Gasteiger partial charge is 0.451 e. The molecular formula is C16H10ClN3O4. The fourth-order valence-electron chi connectivity index (χ4n) is 2.11. The summed E-state index contributed by atoms with van der Waals surface area (Å²) in [4.78, 5) is 26.6. The number of furan rings is 1. The number of hydrogen-bond donors (Lipinski definition) is 1. The van der Waals surface area contributed by atoms with Gasteiger partial charge in [-0.1, -0.05) is 23.7 Å². The van der Waals surface area contributed by atoms with Crippen LogP contribution in [0.4, 0.5) is 11.4 Å². The normalized spacial score (nSPS) is 10.4. The van der Waals surface area contributed by atoms with Crippen molar-refractivity contribution in [3.8, 4) is 11.3 Å². The number of para-hydroxylation sites is 1. The number of rotatable bonds is 4. The van der Waals surface area contributed by atoms with Crippen LogP contribution < -0.4 is 5.32 Å². The van der Waals surface area contributed by atoms with Gasteiger partial charge in [-0.15, -0.1) is 0 Å². The Balaban J connectivity index is 1.87. The van der Waals surface area contributed by atoms with Gasteiger partial charge in [0.25, 0.3) is 11.6 Å². The minimum atomic E-state index is -0.533. The summed E-state index contributed by atoms with van der Waals surface area (Å²) in [6.07, 6.45) is 1.50. The smallest absolute Gasteiger partial charge is 0.291 e. The van der Waals surface area contributed by atoms with Gasteiger partial charge in [0.05, 0.1) is 16.2 Å². The van der Waals surface area contributed by atoms with E-state index in [2.05, 4.69) is 10.3 Å². The summed E-state index contributed by atoms with van der Waals surface area (Å²) in [5.41, 5.74) is 0.530. The summed E-state index contributed by atoms with van der Waals surface area (Å²) in [5.74, 6) is -0.303. The fraction of sp³-hybridized carbons (Fsp3) is 0. The average molecular weight is 344 g/mol. The van der Waals surface area contributed by atoms with Crippen LogP contribution in [-0.4, -0.2) is 15.8 Å². The van der Waals surface area contributed by atoms with Crippen molar-refractivity contribution in [2.45, 2.75) is 0 Å². The molecular weight excluding hydrogens is 334 g/mol. The average Bonchev–Trinajstić information content (AvgIpc) is 3.07. The summed E-state index contributed by atoms with van der Waals surface area (Å²) in [5, 5.41) is 13.8. The van der Waals surface area contributed by atoms with Crippen molar-refractivity contribution in [3.05, 3.63) is 75.8 Å². The number of carbonyl (C=O) groups excluding carboxylic acids is 1. The molecule has 0 bridgehead atoms. The number of halogens is 1. The molecule has 24 heavy (non-hydrogen) atoms. The molecule has 0 aliphatic heterocycles. The van der Waals surface area contributed by atoms with Gasteiger partial charge in [-0.25, -0.2) is 4.98 Å². The standard InChI is InChI=1S/C16H10ClN3O4/c17-15-11(5-3-9-18-15)19-16(21)14-8-7-13(24-14)10-4-1-2-6-12(10)20(22)23/h1-9H,(H,19,21). The summed E-state index contributed by atoms with van der Waals surface area (Å²) in [6.45, 7) is 0. The molecule has 120 valence electrons. The Labute approximate surface area is 141 Å². The molecule has 0 atom stereocenters. The molecule has 2 heterocycles. The van der Waals surface area contributed by atoms with Crippen molar-refractivity contribution in [1.82, 2.24) is 4.98 Å². The van der Waals surface area contributed by atoms with Crippen LogP contribution >= 0.6 is 11.6 Å². The summed E-state index contributed by atoms with van der Waals surface area (Å²) < 4.78 is 5.45. The molecule has 3 rings (SSSR count). The summed E-state index contributed by atoms with van der Waals surface area (Å²) in [7, 11) is 0. The number of nitrogens with zero attached hydrogens (tertiary/aromatic N) is 2. The number of aromatic nitrogens is 1. The summed E-state index contributed by atoms with van der Waals surface area (Å²) in [6, 6.07) is 12.3. The van der Waals surface area contributed by atoms with E-state index >= 15 is 0 Å². The molecule has 0 saturated heterocycles. The molecule has 1 aromatic carbocycles. The quantitative estimate of drug-likeness (QED) is 0.435. The highest BCUT2D eigenvalue weighted by Crippen LogP contribution is 2.31. The number of benzene rings is 1. The fourth-order valence-corrected chi connectivity index (χ4v) is 2.28. The number of nitro groups is 1. The maximum atomic E-state index is 12.2. The van der Waals surface area contributed by atoms with Crippen LogP contribution in [0.25, 0.3) is 11.3 Å². The molecule has 0 aliphatic carbocycles. The predicted octanol–water partition coefficient (Wildman–Crippen LogP) is 4.16. The van der Waals surface area contributed by atoms with E-state index in [4.69, 9.17) is 16.0 Å². The predicted molar refractivity (Wildman–Crippen MR) is 88.0 cm³/mol. The Morgan fingerprint density at radius 1 is 1.17 bits per heavy atom. The van der Waals surface area contributed by atoms with Crippen molar-refractivity contribution in [2.75, 3.05) is 5.32 Å². The molecule has 8 heteroatoms. The minimum Gasteiger partial charge on any atom is -0.451 e. The Hall–Kier alpha value is -3.19. The summed E-state index contributed by atoms with van der Waals surface area (Å²) >= 11 is 5.88. The van der Waals surface area contributed by atoms with Crippen LogP contribution in [-0.2, 0) is 0 Å². The van der Waals surface area contributed by atoms with Crippen molar-refractivity contribution >= 4 is 28.9 Å². The first-order valence-electron chi connectivity index (χ1n) is 6.82. The van der Waals surface area contributed by atoms with Crippen LogP contribution in [0.2, 0.25) is 5.15 Å². The third kappa shape index (κ3) is 3.11. The molecule has 7 nitrogen and oxygen atoms in total. The van der Waals surface area contributed by atoms with Crippen molar-refractivity contribution in [1.29, 1.82) is 0 Å². The molecule has 2 aromatic heterocycles. The maximum absolute atomic E-state index is 12.2. The highest BCUT2D eigenvalue weighted by atomic mass is 35.5. The zero-order valence-electron chi connectivity index (χ0n) is 12.1. The second kappa shape index (κ2) is 6.51. The molecule has 0 unspecified atom stereocenters. The third-order valence-electron chi connectivity index (χ3n) is 3.20. The van der Waals surface area contributed by atoms with E-state index in [-0.39, 0.29) is 22.4 Å². The number of nitrogens with one attached hydrogen (secondary N) is 1. The molecule has 1 amide bonds. The Morgan fingerprint density at radius 3 is 2.71 bits per heavy atom. The van der Waals surface area contributed by atoms with Crippen molar-refractivity contribution in [3.63, 3.8) is 0 Å². The van der Waals surface area contributed by atoms with E-state index in [0.717, 1.165) is 0 Å². The first-order valence-corrected chi connectivity index (χ1v) is 7.19. The third-order valence-corrected chi connectivity index (χ3v) is 3.50. The first kappa shape index (κ1) is 15.7. The molecule has 0 saturated carbocycles. The zero-order valence-corrected chi connectivity index (χ0v) is 12.9. The van der Waals surface area contributed by atoms with Gasteiger partial charge >= 0.3 is 0 Å². The second-order valence-electron chi connectivity index (χ2n) is 4.73. The van der Waals surface area contributed by atoms with Crippen LogP contribution in [0.15, 0.2) is 59.1 Å². The van der Waals surface area contributed by atoms with Gasteiger partial charge in [0.15, 0.2) is 10.9 Å². The first-order chi connectivity index (χ1) is 11.6. The SMILES string of the molecule is O=C(Nc1cccnc1Cl)c1ccc(-c2ccccc2[N+](=O)[O-])o1. The van der Waals surface area contributed by atoms with E-state index in [0.29, 0.717) is 11.3 Å². The number of pyridine rings is 1. The lowest BCUT2D eigenvalue weighted by Crippen LogP contribution is -2.11. The van der Waals surface area contributed by atoms with E-state index in [1.54, 1.807) is 30.3 Å². The van der Waals surface area contributed by atoms with Gasteiger partial charge in [-0.05, 0) is 30.3 Å². The van der Waals surface area contributed by atoms with Crippen LogP contribution in [0.3, 0.4) is 0 Å². The molecule has 3 aromatic rings. The Morgan fingerprint density at radius 2 is 1.96 bits per heavy atom. The zero-order chi connectivity index (χ0) is 17.1. The van der Waals surface area contributed by atoms with Gasteiger partial charge in [0.1, 0.15) is 5.76 Å². The monoisotopic (exact) mass is 343 g/mol. The van der Waals surface area contributed by atoms with Crippen LogP contribution in [0.1, 0.15) is 10.6 Å². The van der Waals surface area contributed by atoms with Crippen molar-refractivity contribution < 1.29 is 14.1 Å². The molecule has 0 aliphatic rings. The lowest BCUT2D eigenvalue weighted by molar-refractivity contribution is -0.384. The van der Waals surface area contributed by atoms with E-state index in [1.165, 1.54) is 24.4 Å². The lowest BCUT2D eigenvalue weighted by atomic mass is 10.1. The Kier molecular flexibility index (Phi) is 4.26. The second-order valence-corrected chi connectivity index (χ2v) is 5.09.